The summed E-state index contributed by atoms with van der Waals surface area (Å²) in [7, 11) is 2.07. The zero-order chi connectivity index (χ0) is 28.6. The molecule has 9 nitrogen and oxygen atoms in total. The number of pyridine rings is 1. The van der Waals surface area contributed by atoms with Gasteiger partial charge in [0.2, 0.25) is 11.8 Å². The van der Waals surface area contributed by atoms with Gasteiger partial charge < -0.3 is 29.4 Å². The molecule has 0 saturated carbocycles. The molecular formula is C30H37FN6O3. The van der Waals surface area contributed by atoms with E-state index in [2.05, 4.69) is 29.5 Å². The maximum Gasteiger partial charge on any atom is 0.246 e. The van der Waals surface area contributed by atoms with E-state index in [9.17, 15) is 19.6 Å². The van der Waals surface area contributed by atoms with Crippen molar-refractivity contribution >= 4 is 17.3 Å². The van der Waals surface area contributed by atoms with Crippen molar-refractivity contribution in [2.75, 3.05) is 49.6 Å². The summed E-state index contributed by atoms with van der Waals surface area (Å²) in [4.78, 5) is 25.4. The number of anilines is 2. The number of nitrogens with zero attached hydrogens (tertiary/aromatic N) is 6. The normalized spacial score (nSPS) is 23.1. The number of hydrogen-bond acceptors (Lipinski definition) is 8. The van der Waals surface area contributed by atoms with Crippen molar-refractivity contribution in [3.05, 3.63) is 53.5 Å². The molecule has 4 heterocycles. The van der Waals surface area contributed by atoms with Gasteiger partial charge in [0.15, 0.2) is 0 Å². The van der Waals surface area contributed by atoms with Gasteiger partial charge in [0.1, 0.15) is 35.5 Å². The molecular weight excluding hydrogens is 511 g/mol. The molecule has 40 heavy (non-hydrogen) atoms. The van der Waals surface area contributed by atoms with Crippen molar-refractivity contribution in [2.45, 2.75) is 57.8 Å². The van der Waals surface area contributed by atoms with Crippen LogP contribution in [0.2, 0.25) is 0 Å². The fourth-order valence-electron chi connectivity index (χ4n) is 6.51. The number of rotatable bonds is 6. The Balaban J connectivity index is 1.55. The average molecular weight is 549 g/mol. The molecule has 2 saturated heterocycles. The highest BCUT2D eigenvalue weighted by atomic mass is 19.1. The van der Waals surface area contributed by atoms with Gasteiger partial charge in [-0.15, -0.1) is 0 Å². The Kier molecular flexibility index (Phi) is 7.86. The van der Waals surface area contributed by atoms with E-state index in [1.165, 1.54) is 24.3 Å². The smallest absolute Gasteiger partial charge is 0.246 e. The van der Waals surface area contributed by atoms with Crippen LogP contribution in [0.25, 0.3) is 0 Å². The fraction of sp³-hybridized carbons (Fsp3) is 0.500. The number of piperazine rings is 1. The van der Waals surface area contributed by atoms with E-state index in [1.54, 1.807) is 4.90 Å². The second-order valence-electron chi connectivity index (χ2n) is 11.1. The predicted octanol–water partition coefficient (Wildman–Crippen LogP) is 3.45. The number of aromatic nitrogens is 1. The largest absolute Gasteiger partial charge is 0.506 e. The van der Waals surface area contributed by atoms with Crippen LogP contribution in [0.4, 0.5) is 15.8 Å². The Morgan fingerprint density at radius 3 is 2.62 bits per heavy atom. The highest BCUT2D eigenvalue weighted by Gasteiger charge is 2.37. The van der Waals surface area contributed by atoms with Crippen LogP contribution in [0.5, 0.6) is 11.6 Å². The van der Waals surface area contributed by atoms with Gasteiger partial charge in [-0.25, -0.2) is 9.37 Å². The SMILES string of the molecule is C=CC(=O)N1[C@H](C)CN(c2c(C#N)c(OCC3CCCN3C)nc3c2CCN(c2c(O)cccc2F)C3)C[C@@H]1C. The summed E-state index contributed by atoms with van der Waals surface area (Å²) in [6, 6.07) is 6.71. The number of hydrogen-bond donors (Lipinski definition) is 1. The predicted molar refractivity (Wildman–Crippen MR) is 151 cm³/mol. The second kappa shape index (κ2) is 11.3. The molecule has 0 bridgehead atoms. The van der Waals surface area contributed by atoms with Crippen LogP contribution in [0, 0.1) is 17.1 Å². The number of phenols is 1. The minimum absolute atomic E-state index is 0.100. The quantitative estimate of drug-likeness (QED) is 0.549. The van der Waals surface area contributed by atoms with Crippen molar-refractivity contribution in [2.24, 2.45) is 0 Å². The number of phenolic OH excluding ortho intramolecular Hbond substituents is 1. The maximum absolute atomic E-state index is 14.8. The van der Waals surface area contributed by atoms with E-state index < -0.39 is 5.82 Å². The van der Waals surface area contributed by atoms with Gasteiger partial charge in [0.25, 0.3) is 0 Å². The van der Waals surface area contributed by atoms with Gasteiger partial charge in [0, 0.05) is 43.3 Å². The Labute approximate surface area is 235 Å². The number of halogens is 1. The van der Waals surface area contributed by atoms with E-state index in [1.807, 2.05) is 18.7 Å². The summed E-state index contributed by atoms with van der Waals surface area (Å²) >= 11 is 0. The summed E-state index contributed by atoms with van der Waals surface area (Å²) in [5, 5.41) is 20.9. The highest BCUT2D eigenvalue weighted by molar-refractivity contribution is 5.88. The molecule has 0 aliphatic carbocycles. The summed E-state index contributed by atoms with van der Waals surface area (Å²) < 4.78 is 21.1. The number of likely N-dealkylation sites (tertiary alicyclic amines) is 1. The third kappa shape index (κ3) is 5.06. The number of carbonyl (C=O) groups is 1. The topological polar surface area (TPSA) is 96.2 Å². The molecule has 0 radical (unpaired) electrons. The monoisotopic (exact) mass is 548 g/mol. The lowest BCUT2D eigenvalue weighted by atomic mass is 9.96. The fourth-order valence-corrected chi connectivity index (χ4v) is 6.51. The van der Waals surface area contributed by atoms with Crippen molar-refractivity contribution < 1.29 is 19.0 Å². The van der Waals surface area contributed by atoms with Gasteiger partial charge in [-0.1, -0.05) is 12.6 Å². The molecule has 10 heteroatoms. The van der Waals surface area contributed by atoms with Crippen LogP contribution in [0.3, 0.4) is 0 Å². The number of nitriles is 1. The van der Waals surface area contributed by atoms with Crippen LogP contribution in [-0.2, 0) is 17.8 Å². The molecule has 2 fully saturated rings. The molecule has 2 aromatic rings. The third-order valence-electron chi connectivity index (χ3n) is 8.44. The van der Waals surface area contributed by atoms with Crippen LogP contribution in [-0.4, -0.2) is 83.8 Å². The maximum atomic E-state index is 14.8. The van der Waals surface area contributed by atoms with E-state index in [0.717, 1.165) is 30.6 Å². The lowest BCUT2D eigenvalue weighted by molar-refractivity contribution is -0.130. The molecule has 3 aliphatic heterocycles. The third-order valence-corrected chi connectivity index (χ3v) is 8.44. The minimum Gasteiger partial charge on any atom is -0.506 e. The number of aromatic hydroxyl groups is 1. The molecule has 212 valence electrons. The van der Waals surface area contributed by atoms with Crippen molar-refractivity contribution in [1.29, 1.82) is 5.26 Å². The molecule has 5 rings (SSSR count). The molecule has 1 amide bonds. The van der Waals surface area contributed by atoms with E-state index in [4.69, 9.17) is 9.72 Å². The number of fused-ring (bicyclic) bond motifs is 1. The van der Waals surface area contributed by atoms with Crippen molar-refractivity contribution in [3.63, 3.8) is 0 Å². The molecule has 0 spiro atoms. The Bertz CT molecular complexity index is 1310. The Morgan fingerprint density at radius 2 is 2.00 bits per heavy atom. The molecule has 3 aliphatic rings. The van der Waals surface area contributed by atoms with E-state index >= 15 is 0 Å². The molecule has 3 atom stereocenters. The van der Waals surface area contributed by atoms with Crippen LogP contribution in [0.1, 0.15) is 43.5 Å². The zero-order valence-electron chi connectivity index (χ0n) is 23.4. The summed E-state index contributed by atoms with van der Waals surface area (Å²) in [6.45, 7) is 10.9. The first-order valence-corrected chi connectivity index (χ1v) is 13.9. The Hall–Kier alpha value is -3.84. The van der Waals surface area contributed by atoms with Gasteiger partial charge in [-0.05, 0) is 64.9 Å². The summed E-state index contributed by atoms with van der Waals surface area (Å²) in [5.41, 5.74) is 2.95. The zero-order valence-corrected chi connectivity index (χ0v) is 23.4. The molecule has 1 aromatic carbocycles. The first-order valence-electron chi connectivity index (χ1n) is 13.9. The number of ether oxygens (including phenoxy) is 1. The van der Waals surface area contributed by atoms with Crippen LogP contribution >= 0.6 is 0 Å². The number of likely N-dealkylation sites (N-methyl/N-ethyl adjacent to an activating group) is 1. The van der Waals surface area contributed by atoms with E-state index in [0.29, 0.717) is 43.9 Å². The van der Waals surface area contributed by atoms with Gasteiger partial charge >= 0.3 is 0 Å². The number of para-hydroxylation sites is 1. The molecule has 1 N–H and O–H groups in total. The van der Waals surface area contributed by atoms with Crippen LogP contribution < -0.4 is 14.5 Å². The molecule has 1 unspecified atom stereocenters. The van der Waals surface area contributed by atoms with E-state index in [-0.39, 0.29) is 47.9 Å². The molecule has 1 aromatic heterocycles. The minimum atomic E-state index is -0.497. The average Bonchev–Trinajstić information content (AvgIpc) is 3.34. The highest BCUT2D eigenvalue weighted by Crippen LogP contribution is 2.40. The lowest BCUT2D eigenvalue weighted by Gasteiger charge is -2.46. The summed E-state index contributed by atoms with van der Waals surface area (Å²) in [6.07, 6.45) is 3.98. The lowest BCUT2D eigenvalue weighted by Crippen LogP contribution is -2.58. The van der Waals surface area contributed by atoms with Crippen molar-refractivity contribution in [3.8, 4) is 17.7 Å². The Morgan fingerprint density at radius 1 is 1.25 bits per heavy atom. The number of amides is 1. The van der Waals surface area contributed by atoms with Gasteiger partial charge in [0.05, 0.1) is 17.9 Å². The van der Waals surface area contributed by atoms with Crippen LogP contribution in [0.15, 0.2) is 30.9 Å². The van der Waals surface area contributed by atoms with Gasteiger partial charge in [-0.2, -0.15) is 5.26 Å². The van der Waals surface area contributed by atoms with Crippen molar-refractivity contribution in [1.82, 2.24) is 14.8 Å². The summed E-state index contributed by atoms with van der Waals surface area (Å²) in [5.74, 6) is -0.449. The second-order valence-corrected chi connectivity index (χ2v) is 11.1. The number of benzene rings is 1. The number of carbonyl (C=O) groups excluding carboxylic acids is 1. The first kappa shape index (κ1) is 27.7. The standard InChI is InChI=1S/C30H37FN6O3/c1-5-27(39)37-19(2)15-36(16-20(37)3)28-22-11-13-35(29-24(31)9-6-10-26(29)38)17-25(22)33-30(23(28)14-32)40-18-21-8-7-12-34(21)4/h5-6,9-10,19-21,38H,1,7-8,11-13,15-18H2,2-4H3/t19-,20+,21?. The van der Waals surface area contributed by atoms with Gasteiger partial charge in [-0.3, -0.25) is 4.79 Å². The first-order chi connectivity index (χ1) is 19.2.